The standard InChI is InChI=1S/C16H16BrN/c17-15-8-4-2-6-12(15)10-16(18)14-9-11-5-1-3-7-13(11)14/h1-8,14,16H,9-10,18H2. The van der Waals surface area contributed by atoms with Gasteiger partial charge in [-0.15, -0.1) is 0 Å². The summed E-state index contributed by atoms with van der Waals surface area (Å²) in [6.07, 6.45) is 2.06. The fourth-order valence-electron chi connectivity index (χ4n) is 2.74. The van der Waals surface area contributed by atoms with Gasteiger partial charge in [-0.1, -0.05) is 58.4 Å². The molecule has 0 fully saturated rings. The summed E-state index contributed by atoms with van der Waals surface area (Å²) in [5, 5.41) is 0. The van der Waals surface area contributed by atoms with Gasteiger partial charge < -0.3 is 5.73 Å². The normalized spacial score (nSPS) is 18.9. The van der Waals surface area contributed by atoms with E-state index in [2.05, 4.69) is 58.4 Å². The van der Waals surface area contributed by atoms with Crippen LogP contribution in [0.1, 0.15) is 22.6 Å². The molecule has 18 heavy (non-hydrogen) atoms. The lowest BCUT2D eigenvalue weighted by Crippen LogP contribution is -2.37. The molecule has 2 aromatic rings. The van der Waals surface area contributed by atoms with Crippen LogP contribution in [-0.2, 0) is 12.8 Å². The van der Waals surface area contributed by atoms with E-state index in [1.54, 1.807) is 0 Å². The van der Waals surface area contributed by atoms with Gasteiger partial charge in [0.05, 0.1) is 0 Å². The van der Waals surface area contributed by atoms with Gasteiger partial charge in [0.2, 0.25) is 0 Å². The summed E-state index contributed by atoms with van der Waals surface area (Å²) in [5.41, 5.74) is 10.6. The SMILES string of the molecule is NC(Cc1ccccc1Br)C1Cc2ccccc21. The average molecular weight is 302 g/mol. The molecule has 0 saturated heterocycles. The lowest BCUT2D eigenvalue weighted by Gasteiger charge is -2.34. The van der Waals surface area contributed by atoms with Crippen LogP contribution in [0.4, 0.5) is 0 Å². The molecule has 0 saturated carbocycles. The van der Waals surface area contributed by atoms with E-state index in [4.69, 9.17) is 5.73 Å². The van der Waals surface area contributed by atoms with Crippen molar-refractivity contribution in [2.45, 2.75) is 24.8 Å². The highest BCUT2D eigenvalue weighted by molar-refractivity contribution is 9.10. The molecule has 2 N–H and O–H groups in total. The Labute approximate surface area is 116 Å². The van der Waals surface area contributed by atoms with E-state index >= 15 is 0 Å². The number of hydrogen-bond acceptors (Lipinski definition) is 1. The lowest BCUT2D eigenvalue weighted by molar-refractivity contribution is 0.480. The van der Waals surface area contributed by atoms with Crippen LogP contribution in [0.5, 0.6) is 0 Å². The summed E-state index contributed by atoms with van der Waals surface area (Å²) in [4.78, 5) is 0. The van der Waals surface area contributed by atoms with Crippen LogP contribution >= 0.6 is 15.9 Å². The molecule has 2 unspecified atom stereocenters. The molecule has 0 aliphatic heterocycles. The number of benzene rings is 2. The van der Waals surface area contributed by atoms with Gasteiger partial charge >= 0.3 is 0 Å². The van der Waals surface area contributed by atoms with Crippen molar-refractivity contribution in [3.63, 3.8) is 0 Å². The van der Waals surface area contributed by atoms with Gasteiger partial charge in [0, 0.05) is 16.4 Å². The first kappa shape index (κ1) is 11.9. The van der Waals surface area contributed by atoms with E-state index in [0.717, 1.165) is 17.3 Å². The first-order valence-corrected chi connectivity index (χ1v) is 7.12. The molecule has 2 aromatic carbocycles. The minimum absolute atomic E-state index is 0.207. The third kappa shape index (κ3) is 2.11. The second-order valence-electron chi connectivity index (χ2n) is 4.97. The van der Waals surface area contributed by atoms with Crippen LogP contribution < -0.4 is 5.73 Å². The van der Waals surface area contributed by atoms with Crippen molar-refractivity contribution >= 4 is 15.9 Å². The summed E-state index contributed by atoms with van der Waals surface area (Å²) >= 11 is 3.59. The summed E-state index contributed by atoms with van der Waals surface area (Å²) in [7, 11) is 0. The monoisotopic (exact) mass is 301 g/mol. The van der Waals surface area contributed by atoms with Crippen LogP contribution in [0.15, 0.2) is 53.0 Å². The minimum atomic E-state index is 0.207. The number of hydrogen-bond donors (Lipinski definition) is 1. The van der Waals surface area contributed by atoms with Crippen LogP contribution in [-0.4, -0.2) is 6.04 Å². The highest BCUT2D eigenvalue weighted by Gasteiger charge is 2.30. The predicted octanol–water partition coefficient (Wildman–Crippen LogP) is 3.66. The van der Waals surface area contributed by atoms with Crippen molar-refractivity contribution in [3.05, 3.63) is 69.7 Å². The zero-order valence-corrected chi connectivity index (χ0v) is 11.7. The number of halogens is 1. The third-order valence-corrected chi connectivity index (χ3v) is 4.60. The summed E-state index contributed by atoms with van der Waals surface area (Å²) in [6.45, 7) is 0. The molecular formula is C16H16BrN. The van der Waals surface area contributed by atoms with Crippen molar-refractivity contribution in [1.82, 2.24) is 0 Å². The molecule has 2 atom stereocenters. The summed E-state index contributed by atoms with van der Waals surface area (Å²) < 4.78 is 1.16. The Kier molecular flexibility index (Phi) is 3.23. The predicted molar refractivity (Wildman–Crippen MR) is 78.7 cm³/mol. The van der Waals surface area contributed by atoms with Crippen molar-refractivity contribution in [2.75, 3.05) is 0 Å². The molecule has 1 aliphatic rings. The fraction of sp³-hybridized carbons (Fsp3) is 0.250. The Balaban J connectivity index is 1.75. The number of rotatable bonds is 3. The lowest BCUT2D eigenvalue weighted by atomic mass is 9.72. The zero-order valence-electron chi connectivity index (χ0n) is 10.1. The van der Waals surface area contributed by atoms with Gasteiger partial charge in [-0.05, 0) is 35.6 Å². The van der Waals surface area contributed by atoms with E-state index in [1.165, 1.54) is 16.7 Å². The highest BCUT2D eigenvalue weighted by Crippen LogP contribution is 2.37. The molecule has 0 aromatic heterocycles. The van der Waals surface area contributed by atoms with Crippen molar-refractivity contribution < 1.29 is 0 Å². The van der Waals surface area contributed by atoms with E-state index in [-0.39, 0.29) is 6.04 Å². The van der Waals surface area contributed by atoms with E-state index in [0.29, 0.717) is 5.92 Å². The van der Waals surface area contributed by atoms with Gasteiger partial charge in [0.1, 0.15) is 0 Å². The van der Waals surface area contributed by atoms with Crippen LogP contribution in [0.3, 0.4) is 0 Å². The molecule has 1 aliphatic carbocycles. The van der Waals surface area contributed by atoms with Crippen LogP contribution in [0.25, 0.3) is 0 Å². The first-order chi connectivity index (χ1) is 8.75. The maximum Gasteiger partial charge on any atom is 0.0207 e. The van der Waals surface area contributed by atoms with Gasteiger partial charge in [-0.2, -0.15) is 0 Å². The Morgan fingerprint density at radius 2 is 1.83 bits per heavy atom. The number of fused-ring (bicyclic) bond motifs is 1. The van der Waals surface area contributed by atoms with Crippen molar-refractivity contribution in [3.8, 4) is 0 Å². The minimum Gasteiger partial charge on any atom is -0.327 e. The largest absolute Gasteiger partial charge is 0.327 e. The molecule has 2 heteroatoms. The molecule has 0 heterocycles. The van der Waals surface area contributed by atoms with E-state index < -0.39 is 0 Å². The van der Waals surface area contributed by atoms with Crippen LogP contribution in [0, 0.1) is 0 Å². The Hall–Kier alpha value is -1.12. The second-order valence-corrected chi connectivity index (χ2v) is 5.82. The maximum absolute atomic E-state index is 6.37. The fourth-order valence-corrected chi connectivity index (χ4v) is 3.19. The highest BCUT2D eigenvalue weighted by atomic mass is 79.9. The summed E-state index contributed by atoms with van der Waals surface area (Å²) in [5.74, 6) is 0.522. The molecule has 0 amide bonds. The van der Waals surface area contributed by atoms with E-state index in [9.17, 15) is 0 Å². The summed E-state index contributed by atoms with van der Waals surface area (Å²) in [6, 6.07) is 17.2. The second kappa shape index (κ2) is 4.87. The Bertz CT molecular complexity index is 565. The maximum atomic E-state index is 6.37. The molecular weight excluding hydrogens is 286 g/mol. The van der Waals surface area contributed by atoms with Crippen molar-refractivity contribution in [1.29, 1.82) is 0 Å². The Morgan fingerprint density at radius 3 is 2.61 bits per heavy atom. The smallest absolute Gasteiger partial charge is 0.0207 e. The average Bonchev–Trinajstić information content (AvgIpc) is 2.34. The van der Waals surface area contributed by atoms with Gasteiger partial charge in [0.15, 0.2) is 0 Å². The van der Waals surface area contributed by atoms with Gasteiger partial charge in [0.25, 0.3) is 0 Å². The molecule has 0 spiro atoms. The quantitative estimate of drug-likeness (QED) is 0.920. The molecule has 3 rings (SSSR count). The van der Waals surface area contributed by atoms with Gasteiger partial charge in [-0.25, -0.2) is 0 Å². The molecule has 0 bridgehead atoms. The Morgan fingerprint density at radius 1 is 1.11 bits per heavy atom. The van der Waals surface area contributed by atoms with E-state index in [1.807, 2.05) is 6.07 Å². The molecule has 92 valence electrons. The van der Waals surface area contributed by atoms with Gasteiger partial charge in [-0.3, -0.25) is 0 Å². The molecule has 1 nitrogen and oxygen atoms in total. The van der Waals surface area contributed by atoms with Crippen molar-refractivity contribution in [2.24, 2.45) is 5.73 Å². The topological polar surface area (TPSA) is 26.0 Å². The zero-order chi connectivity index (χ0) is 12.5. The van der Waals surface area contributed by atoms with Crippen LogP contribution in [0.2, 0.25) is 0 Å². The third-order valence-electron chi connectivity index (χ3n) is 3.82. The molecule has 0 radical (unpaired) electrons. The first-order valence-electron chi connectivity index (χ1n) is 6.32. The number of nitrogens with two attached hydrogens (primary N) is 1.